The van der Waals surface area contributed by atoms with Gasteiger partial charge in [-0.1, -0.05) is 13.8 Å². The molecule has 0 spiro atoms. The normalized spacial score (nSPS) is 13.2. The van der Waals surface area contributed by atoms with E-state index in [-0.39, 0.29) is 0 Å². The Labute approximate surface area is 92.7 Å². The van der Waals surface area contributed by atoms with Gasteiger partial charge in [0.15, 0.2) is 0 Å². The van der Waals surface area contributed by atoms with E-state index in [0.717, 1.165) is 13.0 Å². The summed E-state index contributed by atoms with van der Waals surface area (Å²) in [6.45, 7) is 7.55. The number of hydrogen-bond acceptors (Lipinski definition) is 2. The molecule has 0 aromatic carbocycles. The Morgan fingerprint density at radius 3 is 2.62 bits per heavy atom. The van der Waals surface area contributed by atoms with Crippen LogP contribution in [0, 0.1) is 6.92 Å². The second kappa shape index (κ2) is 5.13. The number of nitrogens with one attached hydrogen (secondary N) is 1. The van der Waals surface area contributed by atoms with Crippen LogP contribution in [0.1, 0.15) is 36.1 Å². The van der Waals surface area contributed by atoms with Gasteiger partial charge in [0.1, 0.15) is 0 Å². The zero-order chi connectivity index (χ0) is 9.84. The van der Waals surface area contributed by atoms with Gasteiger partial charge in [-0.05, 0) is 41.9 Å². The summed E-state index contributed by atoms with van der Waals surface area (Å²) in [7, 11) is 0. The van der Waals surface area contributed by atoms with Crippen molar-refractivity contribution in [3.63, 3.8) is 0 Å². The van der Waals surface area contributed by atoms with Gasteiger partial charge in [0, 0.05) is 20.3 Å². The fraction of sp³-hybridized carbons (Fsp3) is 0.600. The first-order valence-electron chi connectivity index (χ1n) is 4.68. The smallest absolute Gasteiger partial charge is 0.0412 e. The van der Waals surface area contributed by atoms with Gasteiger partial charge in [-0.3, -0.25) is 0 Å². The molecule has 13 heavy (non-hydrogen) atoms. The molecule has 0 aliphatic rings. The minimum absolute atomic E-state index is 0.528. The van der Waals surface area contributed by atoms with Crippen molar-refractivity contribution in [2.75, 3.05) is 6.54 Å². The fourth-order valence-corrected chi connectivity index (χ4v) is 3.07. The highest BCUT2D eigenvalue weighted by Crippen LogP contribution is 2.31. The molecule has 1 aromatic rings. The molecule has 3 heteroatoms. The van der Waals surface area contributed by atoms with Gasteiger partial charge in [-0.2, -0.15) is 0 Å². The molecule has 1 atom stereocenters. The molecule has 0 radical (unpaired) electrons. The van der Waals surface area contributed by atoms with Crippen LogP contribution in [-0.4, -0.2) is 6.54 Å². The molecular weight excluding hydrogens is 246 g/mol. The first-order valence-corrected chi connectivity index (χ1v) is 6.29. The van der Waals surface area contributed by atoms with Gasteiger partial charge >= 0.3 is 0 Å². The Morgan fingerprint density at radius 2 is 2.23 bits per heavy atom. The van der Waals surface area contributed by atoms with Crippen molar-refractivity contribution in [2.45, 2.75) is 33.2 Å². The van der Waals surface area contributed by atoms with Crippen molar-refractivity contribution < 1.29 is 0 Å². The van der Waals surface area contributed by atoms with Crippen LogP contribution in [0.5, 0.6) is 0 Å². The van der Waals surface area contributed by atoms with Crippen LogP contribution in [0.4, 0.5) is 0 Å². The summed E-state index contributed by atoms with van der Waals surface area (Å²) in [5.41, 5.74) is 0. The predicted molar refractivity (Wildman–Crippen MR) is 63.5 cm³/mol. The summed E-state index contributed by atoms with van der Waals surface area (Å²) in [6, 6.07) is 2.76. The lowest BCUT2D eigenvalue weighted by atomic mass is 10.2. The van der Waals surface area contributed by atoms with Crippen LogP contribution in [0.2, 0.25) is 0 Å². The molecule has 0 fully saturated rings. The van der Waals surface area contributed by atoms with Gasteiger partial charge in [0.05, 0.1) is 0 Å². The number of hydrogen-bond donors (Lipinski definition) is 1. The van der Waals surface area contributed by atoms with E-state index in [1.165, 1.54) is 14.2 Å². The van der Waals surface area contributed by atoms with Crippen molar-refractivity contribution in [3.05, 3.63) is 20.3 Å². The maximum atomic E-state index is 3.55. The topological polar surface area (TPSA) is 12.0 Å². The van der Waals surface area contributed by atoms with Crippen molar-refractivity contribution in [2.24, 2.45) is 0 Å². The molecule has 0 saturated heterocycles. The van der Waals surface area contributed by atoms with Crippen LogP contribution in [0.25, 0.3) is 0 Å². The van der Waals surface area contributed by atoms with E-state index in [1.54, 1.807) is 0 Å². The molecule has 1 heterocycles. The first-order chi connectivity index (χ1) is 6.19. The number of halogens is 1. The summed E-state index contributed by atoms with van der Waals surface area (Å²) in [4.78, 5) is 2.81. The average Bonchev–Trinajstić information content (AvgIpc) is 2.43. The van der Waals surface area contributed by atoms with E-state index in [1.807, 2.05) is 11.3 Å². The lowest BCUT2D eigenvalue weighted by Gasteiger charge is -2.13. The second-order valence-electron chi connectivity index (χ2n) is 3.07. The van der Waals surface area contributed by atoms with Gasteiger partial charge in [-0.15, -0.1) is 11.3 Å². The Hall–Kier alpha value is 0.140. The van der Waals surface area contributed by atoms with Gasteiger partial charge in [-0.25, -0.2) is 0 Å². The first kappa shape index (κ1) is 11.2. The highest BCUT2D eigenvalue weighted by atomic mass is 79.9. The Bertz CT molecular complexity index is 250. The Kier molecular flexibility index (Phi) is 4.42. The van der Waals surface area contributed by atoms with Crippen LogP contribution in [0.15, 0.2) is 10.5 Å². The molecule has 0 amide bonds. The van der Waals surface area contributed by atoms with E-state index < -0.39 is 0 Å². The summed E-state index contributed by atoms with van der Waals surface area (Å²) in [6.07, 6.45) is 1.15. The molecule has 0 aliphatic carbocycles. The molecule has 0 saturated carbocycles. The standard InChI is InChI=1S/C10H16BrNS/c1-4-9(12-5-2)10-6-8(11)7(3)13-10/h6,9,12H,4-5H2,1-3H3. The summed E-state index contributed by atoms with van der Waals surface area (Å²) < 4.78 is 1.24. The predicted octanol–water partition coefficient (Wildman–Crippen LogP) is 3.88. The summed E-state index contributed by atoms with van der Waals surface area (Å²) in [5, 5.41) is 3.48. The quantitative estimate of drug-likeness (QED) is 0.868. The molecule has 1 unspecified atom stereocenters. The highest BCUT2D eigenvalue weighted by molar-refractivity contribution is 9.10. The number of aryl methyl sites for hydroxylation is 1. The molecular formula is C10H16BrNS. The molecule has 1 rings (SSSR count). The summed E-state index contributed by atoms with van der Waals surface area (Å²) >= 11 is 5.42. The van der Waals surface area contributed by atoms with Crippen LogP contribution >= 0.6 is 27.3 Å². The minimum Gasteiger partial charge on any atom is -0.310 e. The molecule has 1 N–H and O–H groups in total. The molecule has 0 aliphatic heterocycles. The van der Waals surface area contributed by atoms with E-state index >= 15 is 0 Å². The van der Waals surface area contributed by atoms with Gasteiger partial charge < -0.3 is 5.32 Å². The van der Waals surface area contributed by atoms with Crippen molar-refractivity contribution in [1.82, 2.24) is 5.32 Å². The third kappa shape index (κ3) is 2.79. The minimum atomic E-state index is 0.528. The largest absolute Gasteiger partial charge is 0.310 e. The van der Waals surface area contributed by atoms with Crippen molar-refractivity contribution >= 4 is 27.3 Å². The third-order valence-electron chi connectivity index (χ3n) is 2.08. The molecule has 74 valence electrons. The third-order valence-corrected chi connectivity index (χ3v) is 4.33. The maximum Gasteiger partial charge on any atom is 0.0412 e. The average molecular weight is 262 g/mol. The Balaban J connectivity index is 2.78. The van der Waals surface area contributed by atoms with Crippen molar-refractivity contribution in [3.8, 4) is 0 Å². The Morgan fingerprint density at radius 1 is 1.54 bits per heavy atom. The molecule has 0 bridgehead atoms. The van der Waals surface area contributed by atoms with E-state index in [2.05, 4.69) is 48.1 Å². The van der Waals surface area contributed by atoms with Crippen molar-refractivity contribution in [1.29, 1.82) is 0 Å². The lowest BCUT2D eigenvalue weighted by molar-refractivity contribution is 0.545. The van der Waals surface area contributed by atoms with Crippen LogP contribution < -0.4 is 5.32 Å². The monoisotopic (exact) mass is 261 g/mol. The highest BCUT2D eigenvalue weighted by Gasteiger charge is 2.11. The second-order valence-corrected chi connectivity index (χ2v) is 5.21. The molecule has 1 aromatic heterocycles. The van der Waals surface area contributed by atoms with E-state index in [4.69, 9.17) is 0 Å². The van der Waals surface area contributed by atoms with Gasteiger partial charge in [0.2, 0.25) is 0 Å². The number of thiophene rings is 1. The summed E-state index contributed by atoms with van der Waals surface area (Å²) in [5.74, 6) is 0. The zero-order valence-corrected chi connectivity index (χ0v) is 10.8. The van der Waals surface area contributed by atoms with Crippen LogP contribution in [0.3, 0.4) is 0 Å². The van der Waals surface area contributed by atoms with E-state index in [9.17, 15) is 0 Å². The number of rotatable bonds is 4. The lowest BCUT2D eigenvalue weighted by Crippen LogP contribution is -2.18. The van der Waals surface area contributed by atoms with E-state index in [0.29, 0.717) is 6.04 Å². The van der Waals surface area contributed by atoms with Crippen LogP contribution in [-0.2, 0) is 0 Å². The fourth-order valence-electron chi connectivity index (χ4n) is 1.35. The molecule has 1 nitrogen and oxygen atoms in total. The zero-order valence-electron chi connectivity index (χ0n) is 8.36. The van der Waals surface area contributed by atoms with Gasteiger partial charge in [0.25, 0.3) is 0 Å². The maximum absolute atomic E-state index is 3.55. The SMILES string of the molecule is CCNC(CC)c1cc(Br)c(C)s1.